The molecule has 9 nitrogen and oxygen atoms in total. The Hall–Kier alpha value is -3.88. The third-order valence-corrected chi connectivity index (χ3v) is 3.96. The zero-order chi connectivity index (χ0) is 20.3. The minimum Gasteiger partial charge on any atom is -0.493 e. The van der Waals surface area contributed by atoms with Crippen LogP contribution in [0.4, 0.5) is 5.69 Å². The maximum atomic E-state index is 12.2. The van der Waals surface area contributed by atoms with Gasteiger partial charge in [0.25, 0.3) is 5.69 Å². The van der Waals surface area contributed by atoms with E-state index < -0.39 is 10.9 Å². The Morgan fingerprint density at radius 2 is 1.71 bits per heavy atom. The smallest absolute Gasteiger partial charge is 0.363 e. The van der Waals surface area contributed by atoms with Gasteiger partial charge in [0.1, 0.15) is 0 Å². The lowest BCUT2D eigenvalue weighted by Gasteiger charge is -2.13. The number of methoxy groups -OCH3 is 3. The first-order chi connectivity index (χ1) is 13.5. The van der Waals surface area contributed by atoms with Crippen molar-refractivity contribution in [1.82, 2.24) is 0 Å². The summed E-state index contributed by atoms with van der Waals surface area (Å²) in [6.45, 7) is 0. The van der Waals surface area contributed by atoms with Gasteiger partial charge >= 0.3 is 5.97 Å². The van der Waals surface area contributed by atoms with E-state index in [4.69, 9.17) is 18.9 Å². The number of nitro groups is 1. The van der Waals surface area contributed by atoms with Gasteiger partial charge in [-0.05, 0) is 24.3 Å². The van der Waals surface area contributed by atoms with Crippen LogP contribution in [0, 0.1) is 10.1 Å². The molecule has 1 heterocycles. The number of hydrogen-bond acceptors (Lipinski definition) is 8. The van der Waals surface area contributed by atoms with Crippen molar-refractivity contribution in [1.29, 1.82) is 0 Å². The maximum absolute atomic E-state index is 12.2. The van der Waals surface area contributed by atoms with Crippen molar-refractivity contribution >= 4 is 23.6 Å². The molecule has 3 rings (SSSR count). The van der Waals surface area contributed by atoms with Crippen LogP contribution < -0.4 is 14.2 Å². The van der Waals surface area contributed by atoms with Gasteiger partial charge in [-0.2, -0.15) is 0 Å². The third kappa shape index (κ3) is 3.50. The van der Waals surface area contributed by atoms with E-state index in [-0.39, 0.29) is 22.8 Å². The number of carbonyl (C=O) groups is 1. The fourth-order valence-corrected chi connectivity index (χ4v) is 2.66. The summed E-state index contributed by atoms with van der Waals surface area (Å²) >= 11 is 0. The Balaban J connectivity index is 2.05. The lowest BCUT2D eigenvalue weighted by molar-refractivity contribution is -0.385. The molecular formula is C19H16N2O7. The minimum absolute atomic E-state index is 0.0223. The van der Waals surface area contributed by atoms with Crippen molar-refractivity contribution < 1.29 is 28.7 Å². The minimum atomic E-state index is -0.720. The first-order valence-corrected chi connectivity index (χ1v) is 8.04. The Morgan fingerprint density at radius 1 is 1.07 bits per heavy atom. The van der Waals surface area contributed by atoms with E-state index in [1.807, 2.05) is 0 Å². The predicted molar refractivity (Wildman–Crippen MR) is 99.8 cm³/mol. The van der Waals surface area contributed by atoms with Crippen molar-refractivity contribution in [2.24, 2.45) is 4.99 Å². The van der Waals surface area contributed by atoms with Crippen LogP contribution in [-0.4, -0.2) is 38.1 Å². The molecule has 0 amide bonds. The van der Waals surface area contributed by atoms with Crippen molar-refractivity contribution in [2.45, 2.75) is 0 Å². The van der Waals surface area contributed by atoms with Gasteiger partial charge in [-0.1, -0.05) is 12.1 Å². The molecule has 0 saturated heterocycles. The van der Waals surface area contributed by atoms with Crippen LogP contribution in [0.1, 0.15) is 11.1 Å². The lowest BCUT2D eigenvalue weighted by atomic mass is 10.1. The Bertz CT molecular complexity index is 986. The highest BCUT2D eigenvalue weighted by atomic mass is 16.6. The van der Waals surface area contributed by atoms with Gasteiger partial charge < -0.3 is 18.9 Å². The quantitative estimate of drug-likeness (QED) is 0.326. The molecule has 0 aliphatic carbocycles. The van der Waals surface area contributed by atoms with Gasteiger partial charge in [0, 0.05) is 11.6 Å². The van der Waals surface area contributed by atoms with E-state index in [2.05, 4.69) is 4.99 Å². The molecule has 28 heavy (non-hydrogen) atoms. The number of aliphatic imine (C=N–C) groups is 1. The molecule has 0 fully saturated rings. The molecule has 144 valence electrons. The number of carbonyl (C=O) groups excluding carboxylic acids is 1. The second-order valence-corrected chi connectivity index (χ2v) is 5.57. The zero-order valence-electron chi connectivity index (χ0n) is 15.3. The molecule has 9 heteroatoms. The average molecular weight is 384 g/mol. The first kappa shape index (κ1) is 18.9. The fraction of sp³-hybridized carbons (Fsp3) is 0.158. The normalized spacial score (nSPS) is 14.5. The highest BCUT2D eigenvalue weighted by Gasteiger charge is 2.27. The number of nitrogens with zero attached hydrogens (tertiary/aromatic N) is 2. The van der Waals surface area contributed by atoms with Crippen LogP contribution in [0.15, 0.2) is 47.1 Å². The summed E-state index contributed by atoms with van der Waals surface area (Å²) in [5.74, 6) is 0.420. The number of cyclic esters (lactones) is 1. The Kier molecular flexibility index (Phi) is 5.25. The number of benzene rings is 2. The molecule has 0 radical (unpaired) electrons. The van der Waals surface area contributed by atoms with Crippen LogP contribution >= 0.6 is 0 Å². The molecule has 0 unspecified atom stereocenters. The van der Waals surface area contributed by atoms with Crippen LogP contribution in [0.25, 0.3) is 6.08 Å². The van der Waals surface area contributed by atoms with E-state index in [1.165, 1.54) is 45.6 Å². The second kappa shape index (κ2) is 7.78. The van der Waals surface area contributed by atoms with E-state index in [9.17, 15) is 14.9 Å². The summed E-state index contributed by atoms with van der Waals surface area (Å²) in [5.41, 5.74) is 0.473. The molecule has 2 aromatic carbocycles. The average Bonchev–Trinajstić information content (AvgIpc) is 3.07. The number of rotatable bonds is 6. The summed E-state index contributed by atoms with van der Waals surface area (Å²) < 4.78 is 21.0. The molecule has 1 aliphatic heterocycles. The van der Waals surface area contributed by atoms with Gasteiger partial charge in [0.2, 0.25) is 11.6 Å². The summed E-state index contributed by atoms with van der Waals surface area (Å²) in [7, 11) is 4.40. The van der Waals surface area contributed by atoms with Crippen LogP contribution in [0.3, 0.4) is 0 Å². The SMILES string of the molecule is COc1cc(C2=N/C(=C\c3ccccc3[N+](=O)[O-])C(=O)O2)cc(OC)c1OC. The van der Waals surface area contributed by atoms with E-state index >= 15 is 0 Å². The van der Waals surface area contributed by atoms with Crippen molar-refractivity contribution in [3.05, 3.63) is 63.3 Å². The number of esters is 1. The predicted octanol–water partition coefficient (Wildman–Crippen LogP) is 2.97. The van der Waals surface area contributed by atoms with Crippen LogP contribution in [0.5, 0.6) is 17.2 Å². The lowest BCUT2D eigenvalue weighted by Crippen LogP contribution is -2.07. The second-order valence-electron chi connectivity index (χ2n) is 5.57. The molecule has 0 atom stereocenters. The summed E-state index contributed by atoms with van der Waals surface area (Å²) in [5, 5.41) is 11.1. The van der Waals surface area contributed by atoms with Gasteiger partial charge in [0.05, 0.1) is 31.8 Å². The van der Waals surface area contributed by atoms with E-state index in [0.717, 1.165) is 0 Å². The van der Waals surface area contributed by atoms with Crippen LogP contribution in [0.2, 0.25) is 0 Å². The fourth-order valence-electron chi connectivity index (χ4n) is 2.66. The molecule has 0 bridgehead atoms. The number of nitro benzene ring substituents is 1. The highest BCUT2D eigenvalue weighted by Crippen LogP contribution is 2.39. The van der Waals surface area contributed by atoms with E-state index in [0.29, 0.717) is 22.8 Å². The monoisotopic (exact) mass is 384 g/mol. The summed E-state index contributed by atoms with van der Waals surface area (Å²) in [6.07, 6.45) is 1.31. The summed E-state index contributed by atoms with van der Waals surface area (Å²) in [6, 6.07) is 9.20. The zero-order valence-corrected chi connectivity index (χ0v) is 15.3. The van der Waals surface area contributed by atoms with Crippen molar-refractivity contribution in [2.75, 3.05) is 21.3 Å². The van der Waals surface area contributed by atoms with E-state index in [1.54, 1.807) is 18.2 Å². The topological polar surface area (TPSA) is 109 Å². The third-order valence-electron chi connectivity index (χ3n) is 3.96. The molecule has 1 aliphatic rings. The molecule has 2 aromatic rings. The van der Waals surface area contributed by atoms with Crippen molar-refractivity contribution in [3.63, 3.8) is 0 Å². The molecule has 0 aromatic heterocycles. The number of ether oxygens (including phenoxy) is 4. The first-order valence-electron chi connectivity index (χ1n) is 8.04. The highest BCUT2D eigenvalue weighted by molar-refractivity contribution is 6.13. The molecular weight excluding hydrogens is 368 g/mol. The Morgan fingerprint density at radius 3 is 2.29 bits per heavy atom. The van der Waals surface area contributed by atoms with Gasteiger partial charge in [0.15, 0.2) is 17.2 Å². The molecule has 0 N–H and O–H groups in total. The van der Waals surface area contributed by atoms with Crippen molar-refractivity contribution in [3.8, 4) is 17.2 Å². The number of para-hydroxylation sites is 1. The Labute approximate surface area is 160 Å². The molecule has 0 saturated carbocycles. The maximum Gasteiger partial charge on any atom is 0.363 e. The van der Waals surface area contributed by atoms with Crippen LogP contribution in [-0.2, 0) is 9.53 Å². The van der Waals surface area contributed by atoms with Gasteiger partial charge in [-0.3, -0.25) is 10.1 Å². The van der Waals surface area contributed by atoms with Gasteiger partial charge in [-0.15, -0.1) is 0 Å². The molecule has 0 spiro atoms. The summed E-state index contributed by atoms with van der Waals surface area (Å²) in [4.78, 5) is 27.0. The van der Waals surface area contributed by atoms with Gasteiger partial charge in [-0.25, -0.2) is 9.79 Å². The number of hydrogen-bond donors (Lipinski definition) is 0. The standard InChI is InChI=1S/C19H16N2O7/c1-25-15-9-12(10-16(26-2)17(15)27-3)18-20-13(19(22)28-18)8-11-6-4-5-7-14(11)21(23)24/h4-10H,1-3H3/b13-8-. The largest absolute Gasteiger partial charge is 0.493 e.